The lowest BCUT2D eigenvalue weighted by atomic mass is 9.94. The van der Waals surface area contributed by atoms with Crippen molar-refractivity contribution < 1.29 is 4.74 Å². The number of methoxy groups -OCH3 is 1. The Morgan fingerprint density at radius 2 is 1.77 bits per heavy atom. The van der Waals surface area contributed by atoms with E-state index in [-0.39, 0.29) is 0 Å². The van der Waals surface area contributed by atoms with Crippen LogP contribution in [-0.2, 0) is 6.42 Å². The molecular formula is C27H32N2O. The van der Waals surface area contributed by atoms with Gasteiger partial charge in [0, 0.05) is 16.5 Å². The van der Waals surface area contributed by atoms with Gasteiger partial charge >= 0.3 is 0 Å². The topological polar surface area (TPSA) is 51.0 Å². The number of aromatic nitrogens is 1. The summed E-state index contributed by atoms with van der Waals surface area (Å²) < 4.78 is 5.84. The fourth-order valence-corrected chi connectivity index (χ4v) is 4.45. The highest BCUT2D eigenvalue weighted by atomic mass is 16.5. The van der Waals surface area contributed by atoms with E-state index in [0.29, 0.717) is 5.92 Å². The number of nitrogens with one attached hydrogen (secondary N) is 1. The lowest BCUT2D eigenvalue weighted by Gasteiger charge is -2.12. The van der Waals surface area contributed by atoms with Gasteiger partial charge in [0.2, 0.25) is 0 Å². The molecule has 3 N–H and O–H groups in total. The monoisotopic (exact) mass is 400 g/mol. The highest BCUT2D eigenvalue weighted by molar-refractivity contribution is 5.97. The van der Waals surface area contributed by atoms with Crippen LogP contribution >= 0.6 is 0 Å². The Morgan fingerprint density at radius 3 is 2.47 bits per heavy atom. The largest absolute Gasteiger partial charge is 0.496 e. The summed E-state index contributed by atoms with van der Waals surface area (Å²) in [5.41, 5.74) is 12.1. The molecule has 1 atom stereocenters. The number of rotatable bonds is 8. The molecule has 3 aromatic carbocycles. The lowest BCUT2D eigenvalue weighted by molar-refractivity contribution is 0.417. The van der Waals surface area contributed by atoms with Gasteiger partial charge in [-0.25, -0.2) is 0 Å². The van der Waals surface area contributed by atoms with Crippen LogP contribution < -0.4 is 10.5 Å². The van der Waals surface area contributed by atoms with E-state index in [1.54, 1.807) is 7.11 Å². The number of unbranched alkanes of at least 4 members (excludes halogenated alkanes) is 1. The Kier molecular flexibility index (Phi) is 6.10. The van der Waals surface area contributed by atoms with E-state index in [1.165, 1.54) is 38.5 Å². The van der Waals surface area contributed by atoms with Crippen LogP contribution in [0, 0.1) is 0 Å². The molecule has 3 heteroatoms. The van der Waals surface area contributed by atoms with Crippen molar-refractivity contribution in [2.75, 3.05) is 13.7 Å². The summed E-state index contributed by atoms with van der Waals surface area (Å²) in [4.78, 5) is 3.82. The van der Waals surface area contributed by atoms with E-state index in [0.717, 1.165) is 43.5 Å². The van der Waals surface area contributed by atoms with Crippen molar-refractivity contribution in [1.29, 1.82) is 0 Å². The van der Waals surface area contributed by atoms with E-state index >= 15 is 0 Å². The molecule has 0 aliphatic rings. The van der Waals surface area contributed by atoms with Crippen LogP contribution in [0.3, 0.4) is 0 Å². The van der Waals surface area contributed by atoms with Crippen molar-refractivity contribution >= 4 is 21.7 Å². The second-order valence-electron chi connectivity index (χ2n) is 8.20. The molecule has 156 valence electrons. The highest BCUT2D eigenvalue weighted by Gasteiger charge is 2.19. The molecule has 0 bridgehead atoms. The number of benzene rings is 3. The van der Waals surface area contributed by atoms with Gasteiger partial charge in [0.25, 0.3) is 0 Å². The average molecular weight is 401 g/mol. The van der Waals surface area contributed by atoms with Crippen LogP contribution in [0.4, 0.5) is 0 Å². The molecule has 4 rings (SSSR count). The van der Waals surface area contributed by atoms with Crippen LogP contribution in [0.25, 0.3) is 32.9 Å². The summed E-state index contributed by atoms with van der Waals surface area (Å²) >= 11 is 0. The normalized spacial score (nSPS) is 12.5. The van der Waals surface area contributed by atoms with Crippen molar-refractivity contribution in [1.82, 2.24) is 4.98 Å². The molecule has 0 radical (unpaired) electrons. The summed E-state index contributed by atoms with van der Waals surface area (Å²) in [6.45, 7) is 5.29. The van der Waals surface area contributed by atoms with Gasteiger partial charge in [-0.05, 0) is 72.2 Å². The van der Waals surface area contributed by atoms with Gasteiger partial charge in [-0.1, -0.05) is 56.3 Å². The van der Waals surface area contributed by atoms with Crippen molar-refractivity contribution in [2.45, 2.75) is 45.4 Å². The Morgan fingerprint density at radius 1 is 1.00 bits per heavy atom. The van der Waals surface area contributed by atoms with Crippen molar-refractivity contribution in [3.63, 3.8) is 0 Å². The van der Waals surface area contributed by atoms with Crippen LogP contribution in [0.15, 0.2) is 54.6 Å². The maximum absolute atomic E-state index is 5.84. The van der Waals surface area contributed by atoms with E-state index in [1.807, 2.05) is 0 Å². The van der Waals surface area contributed by atoms with Crippen molar-refractivity contribution in [3.8, 4) is 17.0 Å². The number of H-pyrrole nitrogens is 1. The van der Waals surface area contributed by atoms with E-state index in [2.05, 4.69) is 73.4 Å². The molecule has 0 saturated heterocycles. The van der Waals surface area contributed by atoms with Crippen LogP contribution in [0.2, 0.25) is 0 Å². The third kappa shape index (κ3) is 3.70. The first-order chi connectivity index (χ1) is 14.7. The van der Waals surface area contributed by atoms with Crippen LogP contribution in [-0.4, -0.2) is 18.6 Å². The molecule has 0 spiro atoms. The molecule has 0 saturated carbocycles. The standard InChI is InChI=1S/C27H32N2O/c1-4-18(2)21-13-9-14-23-22(12-7-8-15-28)27(29-26(21)23)24-16-19-10-5-6-11-20(19)17-25(24)30-3/h5-6,9-11,13-14,16-18,29H,4,7-8,12,15,28H2,1-3H3. The number of para-hydroxylation sites is 1. The predicted molar refractivity (Wildman–Crippen MR) is 128 cm³/mol. The highest BCUT2D eigenvalue weighted by Crippen LogP contribution is 2.40. The third-order valence-electron chi connectivity index (χ3n) is 6.33. The van der Waals surface area contributed by atoms with Gasteiger partial charge in [0.1, 0.15) is 5.75 Å². The minimum atomic E-state index is 0.510. The van der Waals surface area contributed by atoms with Gasteiger partial charge in [-0.15, -0.1) is 0 Å². The summed E-state index contributed by atoms with van der Waals surface area (Å²) in [5, 5.41) is 3.75. The first kappa shape index (κ1) is 20.5. The lowest BCUT2D eigenvalue weighted by Crippen LogP contribution is -1.99. The zero-order chi connectivity index (χ0) is 21.1. The van der Waals surface area contributed by atoms with Gasteiger partial charge in [-0.2, -0.15) is 0 Å². The van der Waals surface area contributed by atoms with Gasteiger partial charge in [-0.3, -0.25) is 0 Å². The molecule has 3 nitrogen and oxygen atoms in total. The first-order valence-corrected chi connectivity index (χ1v) is 11.1. The Hall–Kier alpha value is -2.78. The Bertz CT molecular complexity index is 1160. The summed E-state index contributed by atoms with van der Waals surface area (Å²) in [6.07, 6.45) is 4.24. The molecule has 0 aliphatic heterocycles. The number of aryl methyl sites for hydroxylation is 1. The second kappa shape index (κ2) is 8.93. The maximum Gasteiger partial charge on any atom is 0.128 e. The number of aromatic amines is 1. The van der Waals surface area contributed by atoms with Crippen molar-refractivity contribution in [2.24, 2.45) is 5.73 Å². The zero-order valence-corrected chi connectivity index (χ0v) is 18.3. The number of hydrogen-bond acceptors (Lipinski definition) is 2. The minimum absolute atomic E-state index is 0.510. The molecule has 0 amide bonds. The van der Waals surface area contributed by atoms with Crippen molar-refractivity contribution in [3.05, 3.63) is 65.7 Å². The van der Waals surface area contributed by atoms with Gasteiger partial charge in [0.15, 0.2) is 0 Å². The predicted octanol–water partition coefficient (Wildman–Crippen LogP) is 6.79. The fourth-order valence-electron chi connectivity index (χ4n) is 4.45. The number of ether oxygens (including phenoxy) is 1. The average Bonchev–Trinajstić information content (AvgIpc) is 3.16. The maximum atomic E-state index is 5.84. The molecule has 30 heavy (non-hydrogen) atoms. The molecular weight excluding hydrogens is 368 g/mol. The SMILES string of the molecule is CCC(C)c1cccc2c(CCCCN)c(-c3cc4ccccc4cc3OC)[nH]c12. The molecule has 0 aliphatic carbocycles. The van der Waals surface area contributed by atoms with Crippen LogP contribution in [0.5, 0.6) is 5.75 Å². The molecule has 1 unspecified atom stereocenters. The minimum Gasteiger partial charge on any atom is -0.496 e. The van der Waals surface area contributed by atoms with E-state index < -0.39 is 0 Å². The quantitative estimate of drug-likeness (QED) is 0.320. The molecule has 0 fully saturated rings. The third-order valence-corrected chi connectivity index (χ3v) is 6.33. The van der Waals surface area contributed by atoms with Gasteiger partial charge < -0.3 is 15.5 Å². The van der Waals surface area contributed by atoms with Crippen LogP contribution in [0.1, 0.15) is 50.2 Å². The summed E-state index contributed by atoms with van der Waals surface area (Å²) in [7, 11) is 1.76. The zero-order valence-electron chi connectivity index (χ0n) is 18.3. The summed E-state index contributed by atoms with van der Waals surface area (Å²) in [5.74, 6) is 1.42. The number of hydrogen-bond donors (Lipinski definition) is 2. The van der Waals surface area contributed by atoms with Gasteiger partial charge in [0.05, 0.1) is 12.8 Å². The second-order valence-corrected chi connectivity index (χ2v) is 8.20. The Balaban J connectivity index is 1.97. The number of nitrogens with two attached hydrogens (primary N) is 1. The smallest absolute Gasteiger partial charge is 0.128 e. The Labute approximate surface area is 179 Å². The fraction of sp³-hybridized carbons (Fsp3) is 0.333. The van der Waals surface area contributed by atoms with E-state index in [9.17, 15) is 0 Å². The first-order valence-electron chi connectivity index (χ1n) is 11.1. The number of fused-ring (bicyclic) bond motifs is 2. The molecule has 4 aromatic rings. The molecule has 1 aromatic heterocycles. The van der Waals surface area contributed by atoms with E-state index in [4.69, 9.17) is 10.5 Å². The summed E-state index contributed by atoms with van der Waals surface area (Å²) in [6, 6.07) is 19.6. The molecule has 1 heterocycles.